The molecule has 1 rings (SSSR count). The number of ether oxygens (including phenoxy) is 2. The summed E-state index contributed by atoms with van der Waals surface area (Å²) in [5.41, 5.74) is 1.94. The van der Waals surface area contributed by atoms with Gasteiger partial charge in [-0.25, -0.2) is 0 Å². The molecule has 0 fully saturated rings. The van der Waals surface area contributed by atoms with Gasteiger partial charge in [0.1, 0.15) is 0 Å². The molecule has 0 aromatic heterocycles. The van der Waals surface area contributed by atoms with Crippen molar-refractivity contribution in [3.63, 3.8) is 0 Å². The van der Waals surface area contributed by atoms with Crippen molar-refractivity contribution >= 4 is 23.2 Å². The van der Waals surface area contributed by atoms with Crippen LogP contribution in [-0.4, -0.2) is 27.1 Å². The van der Waals surface area contributed by atoms with E-state index in [0.717, 1.165) is 11.1 Å². The van der Waals surface area contributed by atoms with Crippen LogP contribution in [0.25, 0.3) is 0 Å². The molecular formula is C12H17Cl2NO2. The molecule has 0 saturated carbocycles. The van der Waals surface area contributed by atoms with E-state index in [0.29, 0.717) is 23.1 Å². The second-order valence-corrected chi connectivity index (χ2v) is 4.46. The minimum Gasteiger partial charge on any atom is -0.355 e. The second-order valence-electron chi connectivity index (χ2n) is 3.70. The van der Waals surface area contributed by atoms with Crippen molar-refractivity contribution < 1.29 is 9.47 Å². The molecular weight excluding hydrogens is 261 g/mol. The Hall–Kier alpha value is -0.320. The Bertz CT molecular complexity index is 368. The lowest BCUT2D eigenvalue weighted by Gasteiger charge is -2.15. The molecule has 0 aliphatic carbocycles. The number of halogens is 2. The second kappa shape index (κ2) is 7.19. The molecule has 0 bridgehead atoms. The number of hydrogen-bond donors (Lipinski definition) is 1. The smallest absolute Gasteiger partial charge is 0.169 e. The molecule has 96 valence electrons. The van der Waals surface area contributed by atoms with E-state index in [1.54, 1.807) is 14.2 Å². The summed E-state index contributed by atoms with van der Waals surface area (Å²) in [6.07, 6.45) is -0.255. The van der Waals surface area contributed by atoms with E-state index in [4.69, 9.17) is 32.7 Å². The summed E-state index contributed by atoms with van der Waals surface area (Å²) in [7, 11) is 3.21. The zero-order chi connectivity index (χ0) is 12.8. The van der Waals surface area contributed by atoms with E-state index < -0.39 is 0 Å². The lowest BCUT2D eigenvalue weighted by molar-refractivity contribution is -0.0989. The average Bonchev–Trinajstić information content (AvgIpc) is 2.34. The van der Waals surface area contributed by atoms with Gasteiger partial charge in [-0.15, -0.1) is 0 Å². The number of nitrogens with one attached hydrogen (secondary N) is 1. The van der Waals surface area contributed by atoms with Gasteiger partial charge in [-0.05, 0) is 18.1 Å². The largest absolute Gasteiger partial charge is 0.355 e. The van der Waals surface area contributed by atoms with Crippen molar-refractivity contribution in [2.75, 3.05) is 20.8 Å². The van der Waals surface area contributed by atoms with Gasteiger partial charge in [0.15, 0.2) is 6.29 Å². The van der Waals surface area contributed by atoms with Gasteiger partial charge in [0.05, 0.1) is 10.0 Å². The van der Waals surface area contributed by atoms with Crippen molar-refractivity contribution in [2.45, 2.75) is 19.8 Å². The van der Waals surface area contributed by atoms with Gasteiger partial charge in [-0.2, -0.15) is 0 Å². The Balaban J connectivity index is 2.55. The quantitative estimate of drug-likeness (QED) is 0.811. The molecule has 0 atom stereocenters. The summed E-state index contributed by atoms with van der Waals surface area (Å²) < 4.78 is 10.1. The fourth-order valence-corrected chi connectivity index (χ4v) is 1.87. The van der Waals surface area contributed by atoms with Gasteiger partial charge in [0, 0.05) is 27.3 Å². The normalized spacial score (nSPS) is 11.2. The first kappa shape index (κ1) is 14.7. The molecule has 0 saturated heterocycles. The number of aryl methyl sites for hydroxylation is 1. The number of methoxy groups -OCH3 is 2. The molecule has 0 amide bonds. The molecule has 0 unspecified atom stereocenters. The van der Waals surface area contributed by atoms with E-state index in [-0.39, 0.29) is 6.29 Å². The van der Waals surface area contributed by atoms with Crippen LogP contribution in [0.3, 0.4) is 0 Å². The van der Waals surface area contributed by atoms with E-state index in [2.05, 4.69) is 5.32 Å². The Morgan fingerprint density at radius 3 is 2.41 bits per heavy atom. The zero-order valence-electron chi connectivity index (χ0n) is 10.2. The summed E-state index contributed by atoms with van der Waals surface area (Å²) in [6, 6.07) is 3.92. The molecule has 0 radical (unpaired) electrons. The third-order valence-electron chi connectivity index (χ3n) is 2.51. The molecule has 0 heterocycles. The highest BCUT2D eigenvalue weighted by Crippen LogP contribution is 2.28. The summed E-state index contributed by atoms with van der Waals surface area (Å²) in [5.74, 6) is 0. The van der Waals surface area contributed by atoms with Gasteiger partial charge >= 0.3 is 0 Å². The number of rotatable bonds is 6. The third kappa shape index (κ3) is 4.12. The van der Waals surface area contributed by atoms with Crippen LogP contribution < -0.4 is 5.32 Å². The highest BCUT2D eigenvalue weighted by atomic mass is 35.5. The Kier molecular flexibility index (Phi) is 6.23. The van der Waals surface area contributed by atoms with E-state index in [9.17, 15) is 0 Å². The van der Waals surface area contributed by atoms with Gasteiger partial charge in [-0.1, -0.05) is 35.3 Å². The van der Waals surface area contributed by atoms with Gasteiger partial charge in [-0.3, -0.25) is 0 Å². The maximum absolute atomic E-state index is 6.15. The Morgan fingerprint density at radius 1 is 1.18 bits per heavy atom. The van der Waals surface area contributed by atoms with E-state index >= 15 is 0 Å². The van der Waals surface area contributed by atoms with Gasteiger partial charge in [0.25, 0.3) is 0 Å². The highest BCUT2D eigenvalue weighted by molar-refractivity contribution is 6.42. The zero-order valence-corrected chi connectivity index (χ0v) is 11.7. The van der Waals surface area contributed by atoms with Crippen molar-refractivity contribution in [1.82, 2.24) is 5.32 Å². The first-order valence-electron chi connectivity index (χ1n) is 5.30. The lowest BCUT2D eigenvalue weighted by Crippen LogP contribution is -2.29. The SMILES string of the molecule is COC(CNCc1ccc(C)c(Cl)c1Cl)OC. The van der Waals surface area contributed by atoms with Crippen molar-refractivity contribution in [3.8, 4) is 0 Å². The third-order valence-corrected chi connectivity index (χ3v) is 3.52. The van der Waals surface area contributed by atoms with Crippen LogP contribution in [0, 0.1) is 6.92 Å². The monoisotopic (exact) mass is 277 g/mol. The fourth-order valence-electron chi connectivity index (χ4n) is 1.41. The Labute approximate surface area is 112 Å². The van der Waals surface area contributed by atoms with Crippen molar-refractivity contribution in [1.29, 1.82) is 0 Å². The lowest BCUT2D eigenvalue weighted by atomic mass is 10.1. The van der Waals surface area contributed by atoms with Crippen LogP contribution in [0.2, 0.25) is 10.0 Å². The van der Waals surface area contributed by atoms with Crippen LogP contribution in [0.1, 0.15) is 11.1 Å². The van der Waals surface area contributed by atoms with Crippen LogP contribution >= 0.6 is 23.2 Å². The molecule has 0 aliphatic heterocycles. The number of benzene rings is 1. The van der Waals surface area contributed by atoms with Crippen LogP contribution in [0.4, 0.5) is 0 Å². The van der Waals surface area contributed by atoms with Crippen LogP contribution in [0.5, 0.6) is 0 Å². The average molecular weight is 278 g/mol. The summed E-state index contributed by atoms with van der Waals surface area (Å²) in [5, 5.41) is 4.41. The number of hydrogen-bond acceptors (Lipinski definition) is 3. The first-order valence-corrected chi connectivity index (χ1v) is 6.05. The predicted octanol–water partition coefficient (Wildman–Crippen LogP) is 3.01. The van der Waals surface area contributed by atoms with Crippen molar-refractivity contribution in [3.05, 3.63) is 33.3 Å². The van der Waals surface area contributed by atoms with E-state index in [1.807, 2.05) is 19.1 Å². The van der Waals surface area contributed by atoms with Gasteiger partial charge < -0.3 is 14.8 Å². The molecule has 1 aromatic carbocycles. The molecule has 17 heavy (non-hydrogen) atoms. The first-order chi connectivity index (χ1) is 8.10. The van der Waals surface area contributed by atoms with E-state index in [1.165, 1.54) is 0 Å². The Morgan fingerprint density at radius 2 is 1.82 bits per heavy atom. The molecule has 3 nitrogen and oxygen atoms in total. The molecule has 1 aromatic rings. The standard InChI is InChI=1S/C12H17Cl2NO2/c1-8-4-5-9(12(14)11(8)13)6-15-7-10(16-2)17-3/h4-5,10,15H,6-7H2,1-3H3. The van der Waals surface area contributed by atoms with Crippen molar-refractivity contribution in [2.24, 2.45) is 0 Å². The summed E-state index contributed by atoms with van der Waals surface area (Å²) >= 11 is 12.2. The maximum atomic E-state index is 6.15. The van der Waals surface area contributed by atoms with Crippen LogP contribution in [0.15, 0.2) is 12.1 Å². The van der Waals surface area contributed by atoms with Gasteiger partial charge in [0.2, 0.25) is 0 Å². The highest BCUT2D eigenvalue weighted by Gasteiger charge is 2.08. The summed E-state index contributed by atoms with van der Waals surface area (Å²) in [6.45, 7) is 3.15. The molecule has 0 aliphatic rings. The van der Waals surface area contributed by atoms with Crippen LogP contribution in [-0.2, 0) is 16.0 Å². The predicted molar refractivity (Wildman–Crippen MR) is 70.7 cm³/mol. The minimum absolute atomic E-state index is 0.255. The maximum Gasteiger partial charge on any atom is 0.169 e. The fraction of sp³-hybridized carbons (Fsp3) is 0.500. The topological polar surface area (TPSA) is 30.5 Å². The molecule has 5 heteroatoms. The minimum atomic E-state index is -0.255. The summed E-state index contributed by atoms with van der Waals surface area (Å²) in [4.78, 5) is 0. The molecule has 1 N–H and O–H groups in total. The molecule has 0 spiro atoms.